The van der Waals surface area contributed by atoms with Crippen molar-refractivity contribution in [2.75, 3.05) is 58.6 Å². The largest absolute Gasteiger partial charge is 0.491 e. The van der Waals surface area contributed by atoms with Crippen molar-refractivity contribution < 1.29 is 33.6 Å². The first kappa shape index (κ1) is 29.6. The quantitative estimate of drug-likeness (QED) is 0.157. The third kappa shape index (κ3) is 19.7. The van der Waals surface area contributed by atoms with Crippen molar-refractivity contribution in [3.8, 4) is 11.5 Å². The van der Waals surface area contributed by atoms with Gasteiger partial charge in [0.25, 0.3) is 0 Å². The molecular weight excluding hydrogens is 444 g/mol. The van der Waals surface area contributed by atoms with Crippen molar-refractivity contribution in [3.05, 3.63) is 24.3 Å². The Labute approximate surface area is 204 Å². The van der Waals surface area contributed by atoms with Gasteiger partial charge in [0.1, 0.15) is 18.1 Å². The number of hydrogen-bond acceptors (Lipinski definition) is 7. The third-order valence-corrected chi connectivity index (χ3v) is 5.19. The predicted molar refractivity (Wildman–Crippen MR) is 133 cm³/mol. The van der Waals surface area contributed by atoms with Crippen LogP contribution >= 0.6 is 12.6 Å². The van der Waals surface area contributed by atoms with E-state index in [1.807, 2.05) is 0 Å². The van der Waals surface area contributed by atoms with Crippen LogP contribution in [0.1, 0.15) is 57.8 Å². The van der Waals surface area contributed by atoms with Gasteiger partial charge in [-0.15, -0.1) is 0 Å². The van der Waals surface area contributed by atoms with Crippen molar-refractivity contribution in [1.82, 2.24) is 0 Å². The summed E-state index contributed by atoms with van der Waals surface area (Å²) in [7, 11) is 0. The SMILES string of the molecule is O=C(O)COc1ccc(OCCOCCOCCOCCCCCCCCCCCS)cc1. The zero-order valence-corrected chi connectivity index (χ0v) is 20.8. The molecule has 0 bridgehead atoms. The molecule has 8 heteroatoms. The monoisotopic (exact) mass is 486 g/mol. The molecule has 0 aliphatic rings. The third-order valence-electron chi connectivity index (χ3n) is 4.87. The number of carbonyl (C=O) groups is 1. The van der Waals surface area contributed by atoms with Crippen molar-refractivity contribution in [3.63, 3.8) is 0 Å². The molecule has 0 fully saturated rings. The maximum atomic E-state index is 10.5. The second-order valence-electron chi connectivity index (χ2n) is 7.74. The maximum absolute atomic E-state index is 10.5. The van der Waals surface area contributed by atoms with Gasteiger partial charge < -0.3 is 28.8 Å². The van der Waals surface area contributed by atoms with E-state index in [0.29, 0.717) is 51.1 Å². The van der Waals surface area contributed by atoms with Gasteiger partial charge in [0, 0.05) is 6.61 Å². The Balaban J connectivity index is 1.77. The summed E-state index contributed by atoms with van der Waals surface area (Å²) in [6.07, 6.45) is 11.7. The summed E-state index contributed by atoms with van der Waals surface area (Å²) in [5, 5.41) is 8.58. The second kappa shape index (κ2) is 22.3. The Morgan fingerprint density at radius 2 is 1.03 bits per heavy atom. The fourth-order valence-electron chi connectivity index (χ4n) is 3.09. The topological polar surface area (TPSA) is 83.5 Å². The number of hydrogen-bond donors (Lipinski definition) is 2. The number of aliphatic carboxylic acids is 1. The molecule has 0 heterocycles. The van der Waals surface area contributed by atoms with Crippen molar-refractivity contribution >= 4 is 18.6 Å². The van der Waals surface area contributed by atoms with Gasteiger partial charge in [0.2, 0.25) is 0 Å². The second-order valence-corrected chi connectivity index (χ2v) is 8.19. The smallest absolute Gasteiger partial charge is 0.341 e. The normalized spacial score (nSPS) is 10.9. The molecule has 0 atom stereocenters. The number of rotatable bonds is 24. The molecule has 1 aromatic rings. The predicted octanol–water partition coefficient (Wildman–Crippen LogP) is 5.02. The molecule has 33 heavy (non-hydrogen) atoms. The van der Waals surface area contributed by atoms with E-state index in [4.69, 9.17) is 28.8 Å². The van der Waals surface area contributed by atoms with Gasteiger partial charge in [-0.25, -0.2) is 4.79 Å². The van der Waals surface area contributed by atoms with E-state index in [-0.39, 0.29) is 6.61 Å². The van der Waals surface area contributed by atoms with Crippen LogP contribution in [-0.4, -0.2) is 69.7 Å². The van der Waals surface area contributed by atoms with Crippen LogP contribution in [0.5, 0.6) is 11.5 Å². The van der Waals surface area contributed by atoms with Gasteiger partial charge >= 0.3 is 5.97 Å². The molecule has 0 aromatic heterocycles. The lowest BCUT2D eigenvalue weighted by Gasteiger charge is -2.09. The van der Waals surface area contributed by atoms with Crippen LogP contribution < -0.4 is 9.47 Å². The highest BCUT2D eigenvalue weighted by atomic mass is 32.1. The zero-order valence-electron chi connectivity index (χ0n) is 19.9. The summed E-state index contributed by atoms with van der Waals surface area (Å²) in [5.41, 5.74) is 0. The minimum Gasteiger partial charge on any atom is -0.491 e. The zero-order chi connectivity index (χ0) is 23.8. The summed E-state index contributed by atoms with van der Waals surface area (Å²) < 4.78 is 27.2. The highest BCUT2D eigenvalue weighted by Crippen LogP contribution is 2.17. The summed E-state index contributed by atoms with van der Waals surface area (Å²) in [6, 6.07) is 6.80. The van der Waals surface area contributed by atoms with Crippen molar-refractivity contribution in [1.29, 1.82) is 0 Å². The molecule has 0 saturated heterocycles. The molecular formula is C25H42O7S. The van der Waals surface area contributed by atoms with Crippen LogP contribution in [0.15, 0.2) is 24.3 Å². The maximum Gasteiger partial charge on any atom is 0.341 e. The van der Waals surface area contributed by atoms with Crippen molar-refractivity contribution in [2.24, 2.45) is 0 Å². The van der Waals surface area contributed by atoms with E-state index in [9.17, 15) is 4.79 Å². The van der Waals surface area contributed by atoms with Gasteiger partial charge in [-0.3, -0.25) is 0 Å². The van der Waals surface area contributed by atoms with Crippen LogP contribution in [0.2, 0.25) is 0 Å². The van der Waals surface area contributed by atoms with Crippen molar-refractivity contribution in [2.45, 2.75) is 57.8 Å². The Morgan fingerprint density at radius 1 is 0.606 bits per heavy atom. The standard InChI is InChI=1S/C25H42O7S/c26-25(27)22-32-24-12-10-23(11-13-24)31-20-19-30-18-17-29-16-15-28-14-8-6-4-2-1-3-5-7-9-21-33/h10-13,33H,1-9,14-22H2,(H,26,27). The fourth-order valence-corrected chi connectivity index (χ4v) is 3.31. The summed E-state index contributed by atoms with van der Waals surface area (Å²) in [6.45, 7) is 3.60. The van der Waals surface area contributed by atoms with E-state index < -0.39 is 5.97 Å². The van der Waals surface area contributed by atoms with E-state index in [1.54, 1.807) is 24.3 Å². The van der Waals surface area contributed by atoms with Gasteiger partial charge in [0.05, 0.1) is 33.0 Å². The van der Waals surface area contributed by atoms with Crippen LogP contribution in [0.4, 0.5) is 0 Å². The molecule has 0 spiro atoms. The van der Waals surface area contributed by atoms with Crippen LogP contribution in [-0.2, 0) is 19.0 Å². The highest BCUT2D eigenvalue weighted by molar-refractivity contribution is 7.80. The Bertz CT molecular complexity index is 568. The summed E-state index contributed by atoms with van der Waals surface area (Å²) in [5.74, 6) is 1.17. The summed E-state index contributed by atoms with van der Waals surface area (Å²) in [4.78, 5) is 10.5. The first-order valence-electron chi connectivity index (χ1n) is 12.1. The summed E-state index contributed by atoms with van der Waals surface area (Å²) >= 11 is 4.24. The van der Waals surface area contributed by atoms with Crippen LogP contribution in [0, 0.1) is 0 Å². The van der Waals surface area contributed by atoms with E-state index in [2.05, 4.69) is 12.6 Å². The molecule has 0 aliphatic heterocycles. The molecule has 0 amide bonds. The molecule has 1 N–H and O–H groups in total. The van der Waals surface area contributed by atoms with E-state index in [0.717, 1.165) is 18.8 Å². The number of thiol groups is 1. The fraction of sp³-hybridized carbons (Fsp3) is 0.720. The first-order chi connectivity index (χ1) is 16.2. The Kier molecular flexibility index (Phi) is 20.0. The van der Waals surface area contributed by atoms with Crippen LogP contribution in [0.3, 0.4) is 0 Å². The first-order valence-corrected chi connectivity index (χ1v) is 12.8. The number of unbranched alkanes of at least 4 members (excludes halogenated alkanes) is 8. The minimum absolute atomic E-state index is 0.361. The molecule has 190 valence electrons. The number of carboxylic acids is 1. The molecule has 0 radical (unpaired) electrons. The average molecular weight is 487 g/mol. The lowest BCUT2D eigenvalue weighted by Crippen LogP contribution is -2.13. The Morgan fingerprint density at radius 3 is 1.55 bits per heavy atom. The number of benzene rings is 1. The molecule has 0 aliphatic carbocycles. The molecule has 0 unspecified atom stereocenters. The number of ether oxygens (including phenoxy) is 5. The van der Waals surface area contributed by atoms with Crippen LogP contribution in [0.25, 0.3) is 0 Å². The molecule has 1 aromatic carbocycles. The van der Waals surface area contributed by atoms with Gasteiger partial charge in [-0.2, -0.15) is 12.6 Å². The Hall–Kier alpha value is -1.48. The lowest BCUT2D eigenvalue weighted by atomic mass is 10.1. The van der Waals surface area contributed by atoms with Gasteiger partial charge in [-0.05, 0) is 42.9 Å². The molecule has 7 nitrogen and oxygen atoms in total. The molecule has 0 saturated carbocycles. The number of carboxylic acid groups (broad SMARTS) is 1. The van der Waals surface area contributed by atoms with Gasteiger partial charge in [0.15, 0.2) is 6.61 Å². The van der Waals surface area contributed by atoms with E-state index >= 15 is 0 Å². The average Bonchev–Trinajstić information content (AvgIpc) is 2.82. The lowest BCUT2D eigenvalue weighted by molar-refractivity contribution is -0.139. The molecule has 1 rings (SSSR count). The van der Waals surface area contributed by atoms with Gasteiger partial charge in [-0.1, -0.05) is 44.9 Å². The highest BCUT2D eigenvalue weighted by Gasteiger charge is 2.00. The minimum atomic E-state index is -1.01. The van der Waals surface area contributed by atoms with E-state index in [1.165, 1.54) is 51.4 Å².